The minimum atomic E-state index is 0.222. The first-order chi connectivity index (χ1) is 8.19. The van der Waals surface area contributed by atoms with Crippen molar-refractivity contribution in [3.05, 3.63) is 28.8 Å². The predicted octanol–water partition coefficient (Wildman–Crippen LogP) is 1.90. The molecule has 0 bridgehead atoms. The van der Waals surface area contributed by atoms with E-state index in [1.165, 1.54) is 0 Å². The molecule has 0 radical (unpaired) electrons. The molecule has 1 aliphatic rings. The number of nitrogens with zero attached hydrogens (tertiary/aromatic N) is 1. The summed E-state index contributed by atoms with van der Waals surface area (Å²) in [4.78, 5) is 2.24. The standard InChI is InChI=1S/C12H17ClN2O2/c1-15-5-4-10(8-15)17-12-3-2-9(7-14-16)6-11(12)13/h2-3,6,10,14,16H,4-5,7-8H2,1H3. The first kappa shape index (κ1) is 12.6. The Labute approximate surface area is 106 Å². The summed E-state index contributed by atoms with van der Waals surface area (Å²) in [7, 11) is 2.08. The summed E-state index contributed by atoms with van der Waals surface area (Å²) >= 11 is 6.13. The van der Waals surface area contributed by atoms with Gasteiger partial charge >= 0.3 is 0 Å². The van der Waals surface area contributed by atoms with Gasteiger partial charge in [-0.2, -0.15) is 0 Å². The van der Waals surface area contributed by atoms with Crippen LogP contribution in [-0.4, -0.2) is 36.3 Å². The van der Waals surface area contributed by atoms with Crippen molar-refractivity contribution in [2.75, 3.05) is 20.1 Å². The summed E-state index contributed by atoms with van der Waals surface area (Å²) in [6, 6.07) is 5.55. The molecule has 0 amide bonds. The Morgan fingerprint density at radius 1 is 1.59 bits per heavy atom. The quantitative estimate of drug-likeness (QED) is 0.808. The van der Waals surface area contributed by atoms with Gasteiger partial charge in [-0.25, -0.2) is 5.48 Å². The van der Waals surface area contributed by atoms with E-state index in [2.05, 4.69) is 17.4 Å². The van der Waals surface area contributed by atoms with Crippen molar-refractivity contribution >= 4 is 11.6 Å². The highest BCUT2D eigenvalue weighted by molar-refractivity contribution is 6.32. The van der Waals surface area contributed by atoms with Crippen LogP contribution in [0.1, 0.15) is 12.0 Å². The summed E-state index contributed by atoms with van der Waals surface area (Å²) in [5.74, 6) is 0.716. The molecule has 4 nitrogen and oxygen atoms in total. The minimum Gasteiger partial charge on any atom is -0.487 e. The first-order valence-corrected chi connectivity index (χ1v) is 6.07. The molecule has 1 unspecified atom stereocenters. The molecule has 94 valence electrons. The Hall–Kier alpha value is -0.810. The summed E-state index contributed by atoms with van der Waals surface area (Å²) in [6.07, 6.45) is 1.26. The van der Waals surface area contributed by atoms with Gasteiger partial charge in [0.2, 0.25) is 0 Å². The van der Waals surface area contributed by atoms with Crippen LogP contribution in [0.2, 0.25) is 5.02 Å². The molecule has 0 spiro atoms. The molecule has 2 rings (SSSR count). The average Bonchev–Trinajstić information content (AvgIpc) is 2.69. The fourth-order valence-corrected chi connectivity index (χ4v) is 2.26. The summed E-state index contributed by atoms with van der Waals surface area (Å²) in [5, 5.41) is 9.20. The van der Waals surface area contributed by atoms with Crippen LogP contribution in [-0.2, 0) is 6.54 Å². The second-order valence-corrected chi connectivity index (χ2v) is 4.80. The summed E-state index contributed by atoms with van der Waals surface area (Å²) in [5.41, 5.74) is 3.03. The third-order valence-corrected chi connectivity index (χ3v) is 3.22. The molecule has 0 saturated carbocycles. The van der Waals surface area contributed by atoms with Crippen LogP contribution in [0, 0.1) is 0 Å². The summed E-state index contributed by atoms with van der Waals surface area (Å²) in [6.45, 7) is 2.39. The Morgan fingerprint density at radius 3 is 3.00 bits per heavy atom. The van der Waals surface area contributed by atoms with Crippen molar-refractivity contribution in [1.82, 2.24) is 10.4 Å². The SMILES string of the molecule is CN1CCC(Oc2ccc(CNO)cc2Cl)C1. The van der Waals surface area contributed by atoms with Crippen LogP contribution in [0.3, 0.4) is 0 Å². The van der Waals surface area contributed by atoms with Crippen molar-refractivity contribution in [2.45, 2.75) is 19.1 Å². The van der Waals surface area contributed by atoms with E-state index in [0.29, 0.717) is 17.3 Å². The number of ether oxygens (including phenoxy) is 1. The van der Waals surface area contributed by atoms with Crippen molar-refractivity contribution in [1.29, 1.82) is 0 Å². The van der Waals surface area contributed by atoms with Gasteiger partial charge in [0.05, 0.1) is 5.02 Å². The lowest BCUT2D eigenvalue weighted by atomic mass is 10.2. The third-order valence-electron chi connectivity index (χ3n) is 2.92. The van der Waals surface area contributed by atoms with Gasteiger partial charge in [0, 0.05) is 19.6 Å². The molecule has 17 heavy (non-hydrogen) atoms. The monoisotopic (exact) mass is 256 g/mol. The fourth-order valence-electron chi connectivity index (χ4n) is 2.01. The van der Waals surface area contributed by atoms with Gasteiger partial charge in [0.25, 0.3) is 0 Å². The van der Waals surface area contributed by atoms with E-state index in [0.717, 1.165) is 25.1 Å². The third kappa shape index (κ3) is 3.33. The predicted molar refractivity (Wildman–Crippen MR) is 66.6 cm³/mol. The maximum absolute atomic E-state index is 8.61. The van der Waals surface area contributed by atoms with Crippen LogP contribution in [0.5, 0.6) is 5.75 Å². The molecule has 1 saturated heterocycles. The highest BCUT2D eigenvalue weighted by Crippen LogP contribution is 2.27. The first-order valence-electron chi connectivity index (χ1n) is 5.69. The van der Waals surface area contributed by atoms with Gasteiger partial charge in [0.15, 0.2) is 0 Å². The van der Waals surface area contributed by atoms with Gasteiger partial charge in [-0.1, -0.05) is 17.7 Å². The Kier molecular flexibility index (Phi) is 4.23. The number of rotatable bonds is 4. The van der Waals surface area contributed by atoms with Gasteiger partial charge in [-0.3, -0.25) is 0 Å². The average molecular weight is 257 g/mol. The Morgan fingerprint density at radius 2 is 2.41 bits per heavy atom. The molecular formula is C12H17ClN2O2. The molecule has 5 heteroatoms. The minimum absolute atomic E-state index is 0.222. The van der Waals surface area contributed by atoms with Crippen molar-refractivity contribution in [3.8, 4) is 5.75 Å². The molecular weight excluding hydrogens is 240 g/mol. The van der Waals surface area contributed by atoms with Gasteiger partial charge in [-0.15, -0.1) is 0 Å². The summed E-state index contributed by atoms with van der Waals surface area (Å²) < 4.78 is 5.85. The zero-order valence-electron chi connectivity index (χ0n) is 9.82. The number of nitrogens with one attached hydrogen (secondary N) is 1. The number of hydroxylamine groups is 1. The highest BCUT2D eigenvalue weighted by atomic mass is 35.5. The number of likely N-dealkylation sites (tertiary alicyclic amines) is 1. The molecule has 1 aromatic rings. The topological polar surface area (TPSA) is 44.7 Å². The van der Waals surface area contributed by atoms with Crippen molar-refractivity contribution in [2.24, 2.45) is 0 Å². The van der Waals surface area contributed by atoms with E-state index >= 15 is 0 Å². The number of hydrogen-bond donors (Lipinski definition) is 2. The largest absolute Gasteiger partial charge is 0.487 e. The van der Waals surface area contributed by atoms with Crippen LogP contribution >= 0.6 is 11.6 Å². The second kappa shape index (κ2) is 5.69. The molecule has 1 heterocycles. The van der Waals surface area contributed by atoms with Crippen LogP contribution in [0.4, 0.5) is 0 Å². The van der Waals surface area contributed by atoms with Gasteiger partial charge < -0.3 is 14.8 Å². The molecule has 1 atom stereocenters. The second-order valence-electron chi connectivity index (χ2n) is 4.39. The Bertz CT molecular complexity index is 387. The molecule has 0 aromatic heterocycles. The van der Waals surface area contributed by atoms with E-state index in [1.807, 2.05) is 12.1 Å². The number of hydrogen-bond acceptors (Lipinski definition) is 4. The van der Waals surface area contributed by atoms with E-state index in [-0.39, 0.29) is 6.10 Å². The highest BCUT2D eigenvalue weighted by Gasteiger charge is 2.21. The molecule has 0 aliphatic carbocycles. The lowest BCUT2D eigenvalue weighted by Crippen LogP contribution is -2.21. The maximum Gasteiger partial charge on any atom is 0.138 e. The van der Waals surface area contributed by atoms with E-state index in [1.54, 1.807) is 6.07 Å². The van der Waals surface area contributed by atoms with E-state index in [9.17, 15) is 0 Å². The lowest BCUT2D eigenvalue weighted by molar-refractivity contribution is 0.161. The molecule has 2 N–H and O–H groups in total. The normalized spacial score (nSPS) is 20.8. The number of likely N-dealkylation sites (N-methyl/N-ethyl adjacent to an activating group) is 1. The maximum atomic E-state index is 8.61. The zero-order valence-corrected chi connectivity index (χ0v) is 10.6. The van der Waals surface area contributed by atoms with Crippen LogP contribution in [0.25, 0.3) is 0 Å². The zero-order chi connectivity index (χ0) is 12.3. The number of benzene rings is 1. The van der Waals surface area contributed by atoms with Gasteiger partial charge in [0.1, 0.15) is 11.9 Å². The number of halogens is 1. The van der Waals surface area contributed by atoms with E-state index in [4.69, 9.17) is 21.5 Å². The van der Waals surface area contributed by atoms with Crippen LogP contribution < -0.4 is 10.2 Å². The van der Waals surface area contributed by atoms with Gasteiger partial charge in [-0.05, 0) is 31.2 Å². The van der Waals surface area contributed by atoms with Crippen LogP contribution in [0.15, 0.2) is 18.2 Å². The molecule has 1 fully saturated rings. The Balaban J connectivity index is 2.01. The smallest absolute Gasteiger partial charge is 0.138 e. The molecule has 1 aromatic carbocycles. The van der Waals surface area contributed by atoms with E-state index < -0.39 is 0 Å². The fraction of sp³-hybridized carbons (Fsp3) is 0.500. The molecule has 1 aliphatic heterocycles. The lowest BCUT2D eigenvalue weighted by Gasteiger charge is -2.15. The van der Waals surface area contributed by atoms with Crippen molar-refractivity contribution in [3.63, 3.8) is 0 Å². The van der Waals surface area contributed by atoms with Crippen molar-refractivity contribution < 1.29 is 9.94 Å².